The largest absolute Gasteiger partial charge is 0.339 e. The fourth-order valence-corrected chi connectivity index (χ4v) is 3.10. The molecule has 19 heavy (non-hydrogen) atoms. The van der Waals surface area contributed by atoms with E-state index in [1.54, 1.807) is 0 Å². The van der Waals surface area contributed by atoms with E-state index in [0.717, 1.165) is 32.2 Å². The Hall–Kier alpha value is -1.50. The Morgan fingerprint density at radius 1 is 1.16 bits per heavy atom. The van der Waals surface area contributed by atoms with Crippen LogP contribution in [-0.2, 0) is 11.3 Å². The Balaban J connectivity index is 1.48. The van der Waals surface area contributed by atoms with Gasteiger partial charge in [-0.3, -0.25) is 9.69 Å². The Bertz CT molecular complexity index is 406. The highest BCUT2D eigenvalue weighted by atomic mass is 16.2. The maximum Gasteiger partial charge on any atom is 0.244 e. The predicted octanol–water partition coefficient (Wildman–Crippen LogP) is -0.240. The van der Waals surface area contributed by atoms with E-state index >= 15 is 0 Å². The minimum atomic E-state index is 0.110. The SMILES string of the molecule is O=C(Cn1cnnn1)N1CCN(C2CCCC2)CC1. The van der Waals surface area contributed by atoms with E-state index in [1.165, 1.54) is 36.7 Å². The Morgan fingerprint density at radius 2 is 1.89 bits per heavy atom. The van der Waals surface area contributed by atoms with Crippen LogP contribution >= 0.6 is 0 Å². The Morgan fingerprint density at radius 3 is 2.53 bits per heavy atom. The molecule has 1 amide bonds. The molecular weight excluding hydrogens is 244 g/mol. The summed E-state index contributed by atoms with van der Waals surface area (Å²) in [6, 6.07) is 0.761. The molecule has 7 nitrogen and oxygen atoms in total. The number of carbonyl (C=O) groups excluding carboxylic acids is 1. The summed E-state index contributed by atoms with van der Waals surface area (Å²) < 4.78 is 1.48. The summed E-state index contributed by atoms with van der Waals surface area (Å²) in [5, 5.41) is 10.8. The third-order valence-electron chi connectivity index (χ3n) is 4.20. The van der Waals surface area contributed by atoms with Crippen molar-refractivity contribution in [1.29, 1.82) is 0 Å². The van der Waals surface area contributed by atoms with E-state index in [-0.39, 0.29) is 12.5 Å². The molecule has 2 heterocycles. The zero-order chi connectivity index (χ0) is 13.1. The molecule has 104 valence electrons. The fraction of sp³-hybridized carbons (Fsp3) is 0.833. The number of tetrazole rings is 1. The molecule has 0 aromatic carbocycles. The summed E-state index contributed by atoms with van der Waals surface area (Å²) in [5.41, 5.74) is 0. The van der Waals surface area contributed by atoms with Gasteiger partial charge in [0.1, 0.15) is 12.9 Å². The second kappa shape index (κ2) is 5.64. The molecule has 1 aromatic rings. The number of amides is 1. The third-order valence-corrected chi connectivity index (χ3v) is 4.20. The Labute approximate surface area is 112 Å². The van der Waals surface area contributed by atoms with Gasteiger partial charge in [0.2, 0.25) is 5.91 Å². The number of hydrogen-bond acceptors (Lipinski definition) is 5. The molecule has 2 aliphatic rings. The number of hydrogen-bond donors (Lipinski definition) is 0. The Kier molecular flexibility index (Phi) is 3.72. The second-order valence-corrected chi connectivity index (χ2v) is 5.36. The molecule has 1 aliphatic heterocycles. The molecule has 7 heteroatoms. The molecule has 0 atom stereocenters. The highest BCUT2D eigenvalue weighted by Crippen LogP contribution is 2.24. The van der Waals surface area contributed by atoms with Crippen molar-refractivity contribution in [2.24, 2.45) is 0 Å². The van der Waals surface area contributed by atoms with Crippen LogP contribution in [0.5, 0.6) is 0 Å². The third kappa shape index (κ3) is 2.91. The molecule has 1 aromatic heterocycles. The first-order valence-corrected chi connectivity index (χ1v) is 7.05. The van der Waals surface area contributed by atoms with E-state index in [0.29, 0.717) is 0 Å². The summed E-state index contributed by atoms with van der Waals surface area (Å²) in [6.45, 7) is 3.92. The van der Waals surface area contributed by atoms with E-state index in [9.17, 15) is 4.79 Å². The molecular formula is C12H20N6O. The first-order chi connectivity index (χ1) is 9.33. The molecule has 1 saturated heterocycles. The maximum atomic E-state index is 12.1. The summed E-state index contributed by atoms with van der Waals surface area (Å²) in [6.07, 6.45) is 6.87. The molecule has 0 spiro atoms. The van der Waals surface area contributed by atoms with Crippen LogP contribution in [0.1, 0.15) is 25.7 Å². The number of aromatic nitrogens is 4. The number of rotatable bonds is 3. The van der Waals surface area contributed by atoms with Gasteiger partial charge in [0.15, 0.2) is 0 Å². The lowest BCUT2D eigenvalue weighted by atomic mass is 10.2. The first-order valence-electron chi connectivity index (χ1n) is 7.05. The highest BCUT2D eigenvalue weighted by Gasteiger charge is 2.27. The first kappa shape index (κ1) is 12.5. The van der Waals surface area contributed by atoms with Gasteiger partial charge in [-0.25, -0.2) is 4.68 Å². The van der Waals surface area contributed by atoms with Crippen LogP contribution < -0.4 is 0 Å². The van der Waals surface area contributed by atoms with Crippen molar-refractivity contribution in [2.75, 3.05) is 26.2 Å². The van der Waals surface area contributed by atoms with E-state index in [2.05, 4.69) is 20.4 Å². The van der Waals surface area contributed by atoms with Crippen LogP contribution in [0.4, 0.5) is 0 Å². The number of piperazine rings is 1. The van der Waals surface area contributed by atoms with Crippen molar-refractivity contribution in [2.45, 2.75) is 38.3 Å². The van der Waals surface area contributed by atoms with Crippen molar-refractivity contribution >= 4 is 5.91 Å². The topological polar surface area (TPSA) is 67.2 Å². The van der Waals surface area contributed by atoms with Gasteiger partial charge in [-0.15, -0.1) is 5.10 Å². The normalized spacial score (nSPS) is 22.0. The van der Waals surface area contributed by atoms with Gasteiger partial charge in [0, 0.05) is 32.2 Å². The average Bonchev–Trinajstić information content (AvgIpc) is 3.12. The molecule has 1 aliphatic carbocycles. The molecule has 0 bridgehead atoms. The summed E-state index contributed by atoms with van der Waals surface area (Å²) in [7, 11) is 0. The van der Waals surface area contributed by atoms with Gasteiger partial charge < -0.3 is 4.90 Å². The van der Waals surface area contributed by atoms with Crippen molar-refractivity contribution in [3.05, 3.63) is 6.33 Å². The minimum absolute atomic E-state index is 0.110. The number of nitrogens with zero attached hydrogens (tertiary/aromatic N) is 6. The van der Waals surface area contributed by atoms with Gasteiger partial charge in [0.25, 0.3) is 0 Å². The molecule has 0 radical (unpaired) electrons. The maximum absolute atomic E-state index is 12.1. The van der Waals surface area contributed by atoms with Gasteiger partial charge in [-0.1, -0.05) is 12.8 Å². The smallest absolute Gasteiger partial charge is 0.244 e. The molecule has 2 fully saturated rings. The van der Waals surface area contributed by atoms with Crippen molar-refractivity contribution < 1.29 is 4.79 Å². The van der Waals surface area contributed by atoms with Crippen molar-refractivity contribution in [3.63, 3.8) is 0 Å². The lowest BCUT2D eigenvalue weighted by Crippen LogP contribution is -2.52. The van der Waals surface area contributed by atoms with Gasteiger partial charge >= 0.3 is 0 Å². The summed E-state index contributed by atoms with van der Waals surface area (Å²) in [5.74, 6) is 0.110. The lowest BCUT2D eigenvalue weighted by molar-refractivity contribution is -0.134. The quantitative estimate of drug-likeness (QED) is 0.754. The monoisotopic (exact) mass is 264 g/mol. The van der Waals surface area contributed by atoms with Gasteiger partial charge in [-0.2, -0.15) is 0 Å². The van der Waals surface area contributed by atoms with Crippen LogP contribution in [-0.4, -0.2) is 68.1 Å². The van der Waals surface area contributed by atoms with Crippen LogP contribution in [0.2, 0.25) is 0 Å². The highest BCUT2D eigenvalue weighted by molar-refractivity contribution is 5.75. The predicted molar refractivity (Wildman–Crippen MR) is 68.2 cm³/mol. The molecule has 3 rings (SSSR count). The van der Waals surface area contributed by atoms with Crippen molar-refractivity contribution in [1.82, 2.24) is 30.0 Å². The van der Waals surface area contributed by atoms with E-state index in [1.807, 2.05) is 4.90 Å². The average molecular weight is 264 g/mol. The van der Waals surface area contributed by atoms with Crippen molar-refractivity contribution in [3.8, 4) is 0 Å². The van der Waals surface area contributed by atoms with Crippen LogP contribution in [0.15, 0.2) is 6.33 Å². The van der Waals surface area contributed by atoms with Gasteiger partial charge in [0.05, 0.1) is 0 Å². The molecule has 0 unspecified atom stereocenters. The lowest BCUT2D eigenvalue weighted by Gasteiger charge is -2.38. The van der Waals surface area contributed by atoms with Crippen LogP contribution in [0.3, 0.4) is 0 Å². The zero-order valence-corrected chi connectivity index (χ0v) is 11.1. The number of carbonyl (C=O) groups is 1. The zero-order valence-electron chi connectivity index (χ0n) is 11.1. The second-order valence-electron chi connectivity index (χ2n) is 5.36. The summed E-state index contributed by atoms with van der Waals surface area (Å²) >= 11 is 0. The molecule has 0 N–H and O–H groups in total. The van der Waals surface area contributed by atoms with Crippen LogP contribution in [0, 0.1) is 0 Å². The minimum Gasteiger partial charge on any atom is -0.339 e. The van der Waals surface area contributed by atoms with E-state index < -0.39 is 0 Å². The fourth-order valence-electron chi connectivity index (χ4n) is 3.10. The standard InChI is InChI=1S/C12H20N6O/c19-12(9-18-10-13-14-15-18)17-7-5-16(6-8-17)11-3-1-2-4-11/h10-11H,1-9H2. The van der Waals surface area contributed by atoms with E-state index in [4.69, 9.17) is 0 Å². The molecule has 1 saturated carbocycles. The summed E-state index contributed by atoms with van der Waals surface area (Å²) in [4.78, 5) is 16.6. The van der Waals surface area contributed by atoms with Gasteiger partial charge in [-0.05, 0) is 23.3 Å². The van der Waals surface area contributed by atoms with Crippen LogP contribution in [0.25, 0.3) is 0 Å².